The maximum atomic E-state index is 10.5. The first-order valence-electron chi connectivity index (χ1n) is 6.94. The maximum absolute atomic E-state index is 10.5. The minimum absolute atomic E-state index is 0.312. The van der Waals surface area contributed by atoms with Crippen LogP contribution in [0.25, 0.3) is 0 Å². The fourth-order valence-electron chi connectivity index (χ4n) is 2.41. The highest BCUT2D eigenvalue weighted by Crippen LogP contribution is 2.34. The molecule has 1 aromatic rings. The summed E-state index contributed by atoms with van der Waals surface area (Å²) in [7, 11) is 0. The van der Waals surface area contributed by atoms with Crippen molar-refractivity contribution in [2.24, 2.45) is 0 Å². The van der Waals surface area contributed by atoms with Gasteiger partial charge in [0, 0.05) is 5.88 Å². The normalized spacial score (nSPS) is 15.0. The van der Waals surface area contributed by atoms with Crippen LogP contribution in [0, 0.1) is 0 Å². The van der Waals surface area contributed by atoms with Crippen LogP contribution in [0.2, 0.25) is 0 Å². The molecule has 0 heterocycles. The zero-order chi connectivity index (χ0) is 14.6. The lowest BCUT2D eigenvalue weighted by Crippen LogP contribution is -2.22. The fraction of sp³-hybridized carbons (Fsp3) is 0.625. The highest BCUT2D eigenvalue weighted by molar-refractivity contribution is 6.17. The van der Waals surface area contributed by atoms with E-state index in [2.05, 4.69) is 27.7 Å². The van der Waals surface area contributed by atoms with Gasteiger partial charge < -0.3 is 10.2 Å². The van der Waals surface area contributed by atoms with Gasteiger partial charge in [0.2, 0.25) is 0 Å². The van der Waals surface area contributed by atoms with Crippen LogP contribution >= 0.6 is 11.6 Å². The van der Waals surface area contributed by atoms with Crippen LogP contribution in [0.4, 0.5) is 0 Å². The largest absolute Gasteiger partial charge is 0.390 e. The summed E-state index contributed by atoms with van der Waals surface area (Å²) in [6, 6.07) is 6.08. The van der Waals surface area contributed by atoms with Crippen molar-refractivity contribution >= 4 is 11.6 Å². The lowest BCUT2D eigenvalue weighted by atomic mass is 9.84. The highest BCUT2D eigenvalue weighted by Gasteiger charge is 2.25. The van der Waals surface area contributed by atoms with Crippen molar-refractivity contribution < 1.29 is 10.2 Å². The molecular weight excluding hydrogens is 260 g/mol. The van der Waals surface area contributed by atoms with Crippen LogP contribution in [0.1, 0.15) is 68.7 Å². The predicted octanol–water partition coefficient (Wildman–Crippen LogP) is 3.96. The summed E-state index contributed by atoms with van der Waals surface area (Å²) in [5.41, 5.74) is 3.09. The quantitative estimate of drug-likeness (QED) is 0.777. The smallest absolute Gasteiger partial charge is 0.105 e. The summed E-state index contributed by atoms with van der Waals surface area (Å²) < 4.78 is 0. The molecule has 3 heteroatoms. The molecule has 0 aliphatic heterocycles. The van der Waals surface area contributed by atoms with Gasteiger partial charge in [0.25, 0.3) is 0 Å². The Balaban J connectivity index is 3.28. The van der Waals surface area contributed by atoms with Crippen molar-refractivity contribution in [3.8, 4) is 0 Å². The predicted molar refractivity (Wildman–Crippen MR) is 80.9 cm³/mol. The number of hydrogen-bond donors (Lipinski definition) is 2. The van der Waals surface area contributed by atoms with Gasteiger partial charge in [-0.25, -0.2) is 0 Å². The first-order chi connectivity index (χ1) is 8.90. The van der Waals surface area contributed by atoms with Gasteiger partial charge in [0.05, 0.1) is 6.10 Å². The Morgan fingerprint density at radius 3 is 1.84 bits per heavy atom. The molecule has 1 aromatic carbocycles. The molecule has 2 unspecified atom stereocenters. The van der Waals surface area contributed by atoms with Crippen LogP contribution in [-0.2, 0) is 0 Å². The summed E-state index contributed by atoms with van der Waals surface area (Å²) >= 11 is 5.66. The SMILES string of the molecule is CC(C)c1cccc(C(C)C)c1C(O)C(O)CCCl. The molecule has 108 valence electrons. The van der Waals surface area contributed by atoms with E-state index in [0.717, 1.165) is 16.7 Å². The van der Waals surface area contributed by atoms with E-state index in [1.165, 1.54) is 0 Å². The molecule has 1 rings (SSSR count). The van der Waals surface area contributed by atoms with Crippen molar-refractivity contribution in [2.45, 2.75) is 58.2 Å². The zero-order valence-electron chi connectivity index (χ0n) is 12.2. The monoisotopic (exact) mass is 284 g/mol. The second-order valence-electron chi connectivity index (χ2n) is 5.65. The van der Waals surface area contributed by atoms with Gasteiger partial charge in [0.1, 0.15) is 6.10 Å². The van der Waals surface area contributed by atoms with Gasteiger partial charge in [-0.3, -0.25) is 0 Å². The zero-order valence-corrected chi connectivity index (χ0v) is 13.0. The van der Waals surface area contributed by atoms with Crippen molar-refractivity contribution in [1.82, 2.24) is 0 Å². The molecule has 0 fully saturated rings. The summed E-state index contributed by atoms with van der Waals surface area (Å²) in [6.07, 6.45) is -1.28. The molecule has 2 nitrogen and oxygen atoms in total. The third kappa shape index (κ3) is 3.95. The summed E-state index contributed by atoms with van der Waals surface area (Å²) in [5, 5.41) is 20.5. The summed E-state index contributed by atoms with van der Waals surface area (Å²) in [5.74, 6) is 0.970. The molecule has 0 amide bonds. The van der Waals surface area contributed by atoms with E-state index in [9.17, 15) is 10.2 Å². The number of benzene rings is 1. The van der Waals surface area contributed by atoms with E-state index in [4.69, 9.17) is 11.6 Å². The minimum atomic E-state index is -0.866. The van der Waals surface area contributed by atoms with E-state index in [1.807, 2.05) is 18.2 Å². The Labute approximate surface area is 121 Å². The van der Waals surface area contributed by atoms with E-state index in [-0.39, 0.29) is 0 Å². The first-order valence-corrected chi connectivity index (χ1v) is 7.48. The van der Waals surface area contributed by atoms with Crippen LogP contribution in [-0.4, -0.2) is 22.2 Å². The minimum Gasteiger partial charge on any atom is -0.390 e. The van der Waals surface area contributed by atoms with Gasteiger partial charge in [-0.2, -0.15) is 0 Å². The lowest BCUT2D eigenvalue weighted by molar-refractivity contribution is 0.0157. The van der Waals surface area contributed by atoms with Gasteiger partial charge in [0.15, 0.2) is 0 Å². The molecule has 0 aliphatic carbocycles. The van der Waals surface area contributed by atoms with E-state index in [0.29, 0.717) is 24.1 Å². The average molecular weight is 285 g/mol. The van der Waals surface area contributed by atoms with Crippen molar-refractivity contribution in [3.05, 3.63) is 34.9 Å². The molecule has 2 atom stereocenters. The third-order valence-electron chi connectivity index (χ3n) is 3.48. The fourth-order valence-corrected chi connectivity index (χ4v) is 2.64. The van der Waals surface area contributed by atoms with Crippen LogP contribution in [0.5, 0.6) is 0 Å². The highest BCUT2D eigenvalue weighted by atomic mass is 35.5. The second-order valence-corrected chi connectivity index (χ2v) is 6.03. The number of aliphatic hydroxyl groups is 2. The number of rotatable bonds is 6. The summed E-state index contributed by atoms with van der Waals surface area (Å²) in [6.45, 7) is 8.40. The van der Waals surface area contributed by atoms with Crippen molar-refractivity contribution in [1.29, 1.82) is 0 Å². The Hall–Kier alpha value is -0.570. The van der Waals surface area contributed by atoms with Gasteiger partial charge in [-0.1, -0.05) is 45.9 Å². The molecule has 0 aromatic heterocycles. The van der Waals surface area contributed by atoms with Crippen molar-refractivity contribution in [2.75, 3.05) is 5.88 Å². The topological polar surface area (TPSA) is 40.5 Å². The second kappa shape index (κ2) is 7.28. The molecular formula is C16H25ClO2. The molecule has 0 radical (unpaired) electrons. The van der Waals surface area contributed by atoms with Crippen molar-refractivity contribution in [3.63, 3.8) is 0 Å². The Morgan fingerprint density at radius 1 is 1.00 bits per heavy atom. The molecule has 19 heavy (non-hydrogen) atoms. The maximum Gasteiger partial charge on any atom is 0.105 e. The Bertz CT molecular complexity index is 375. The van der Waals surface area contributed by atoms with E-state index in [1.54, 1.807) is 0 Å². The molecule has 0 bridgehead atoms. The Morgan fingerprint density at radius 2 is 1.47 bits per heavy atom. The number of hydrogen-bond acceptors (Lipinski definition) is 2. The van der Waals surface area contributed by atoms with E-state index >= 15 is 0 Å². The number of aliphatic hydroxyl groups excluding tert-OH is 2. The summed E-state index contributed by atoms with van der Waals surface area (Å²) in [4.78, 5) is 0. The Kier molecular flexibility index (Phi) is 6.31. The lowest BCUT2D eigenvalue weighted by Gasteiger charge is -2.26. The third-order valence-corrected chi connectivity index (χ3v) is 3.70. The molecule has 0 spiro atoms. The molecule has 2 N–H and O–H groups in total. The first kappa shape index (κ1) is 16.5. The van der Waals surface area contributed by atoms with Gasteiger partial charge in [-0.15, -0.1) is 11.6 Å². The molecule has 0 aliphatic rings. The average Bonchev–Trinajstić information content (AvgIpc) is 2.36. The van der Waals surface area contributed by atoms with Crippen LogP contribution in [0.3, 0.4) is 0 Å². The van der Waals surface area contributed by atoms with Gasteiger partial charge >= 0.3 is 0 Å². The van der Waals surface area contributed by atoms with Crippen LogP contribution < -0.4 is 0 Å². The number of alkyl halides is 1. The van der Waals surface area contributed by atoms with Gasteiger partial charge in [-0.05, 0) is 34.9 Å². The molecule has 0 saturated heterocycles. The van der Waals surface area contributed by atoms with Crippen LogP contribution in [0.15, 0.2) is 18.2 Å². The molecule has 0 saturated carbocycles. The van der Waals surface area contributed by atoms with E-state index < -0.39 is 12.2 Å². The standard InChI is InChI=1S/C16H25ClO2/c1-10(2)12-6-5-7-13(11(3)4)15(12)16(19)14(18)8-9-17/h5-7,10-11,14,16,18-19H,8-9H2,1-4H3. The number of halogens is 1.